The van der Waals surface area contributed by atoms with E-state index in [4.69, 9.17) is 17.2 Å². The van der Waals surface area contributed by atoms with Crippen molar-refractivity contribution in [1.29, 1.82) is 0 Å². The second-order valence-electron chi connectivity index (χ2n) is 9.05. The maximum absolute atomic E-state index is 11.9. The smallest absolute Gasteiger partial charge is 0.151 e. The van der Waals surface area contributed by atoms with E-state index in [1.165, 1.54) is 77.0 Å². The molecule has 0 saturated carbocycles. The Bertz CT molecular complexity index is 552. The first kappa shape index (κ1) is 30.7. The zero-order chi connectivity index (χ0) is 23.7. The van der Waals surface area contributed by atoms with E-state index in [1.807, 2.05) is 0 Å². The van der Waals surface area contributed by atoms with Crippen LogP contribution in [0.1, 0.15) is 129 Å². The van der Waals surface area contributed by atoms with Crippen LogP contribution in [0.4, 0.5) is 0 Å². The minimum Gasteiger partial charge on any atom is -0.329 e. The van der Waals surface area contributed by atoms with Crippen molar-refractivity contribution in [1.82, 2.24) is 0 Å². The Kier molecular flexibility index (Phi) is 23.3. The molecule has 0 aliphatic rings. The van der Waals surface area contributed by atoms with Gasteiger partial charge in [-0.25, -0.2) is 0 Å². The first-order valence-electron chi connectivity index (χ1n) is 13.3. The molecule has 0 rings (SSSR count). The predicted molar refractivity (Wildman–Crippen MR) is 139 cm³/mol. The van der Waals surface area contributed by atoms with Crippen LogP contribution in [0.25, 0.3) is 0 Å². The van der Waals surface area contributed by atoms with Gasteiger partial charge in [0.25, 0.3) is 0 Å². The molecular formula is C28H51N3O. The Balaban J connectivity index is 3.40. The molecule has 184 valence electrons. The number of carbonyl (C=O) groups is 1. The number of hydrogen-bond donors (Lipinski definition) is 3. The maximum Gasteiger partial charge on any atom is 0.151 e. The molecule has 2 atom stereocenters. The molecule has 2 unspecified atom stereocenters. The van der Waals surface area contributed by atoms with Gasteiger partial charge in [-0.05, 0) is 31.1 Å². The molecule has 32 heavy (non-hydrogen) atoms. The van der Waals surface area contributed by atoms with Gasteiger partial charge in [0.2, 0.25) is 0 Å². The van der Waals surface area contributed by atoms with Crippen LogP contribution in [0.3, 0.4) is 0 Å². The highest BCUT2D eigenvalue weighted by Gasteiger charge is 2.19. The van der Waals surface area contributed by atoms with Crippen LogP contribution in [0.2, 0.25) is 0 Å². The van der Waals surface area contributed by atoms with Crippen LogP contribution < -0.4 is 17.2 Å². The number of ketones is 1. The van der Waals surface area contributed by atoms with Crippen LogP contribution in [0, 0.1) is 23.7 Å². The van der Waals surface area contributed by atoms with Crippen molar-refractivity contribution in [3.8, 4) is 23.7 Å². The lowest BCUT2D eigenvalue weighted by Crippen LogP contribution is -2.50. The number of unbranched alkanes of at least 4 members (excludes halogenated alkanes) is 16. The lowest BCUT2D eigenvalue weighted by molar-refractivity contribution is -0.120. The average molecular weight is 446 g/mol. The van der Waals surface area contributed by atoms with E-state index >= 15 is 0 Å². The van der Waals surface area contributed by atoms with E-state index < -0.39 is 12.1 Å². The van der Waals surface area contributed by atoms with E-state index in [-0.39, 0.29) is 12.3 Å². The number of Topliss-reactive ketones (excluding diaryl/α,β-unsaturated/α-hetero) is 1. The summed E-state index contributed by atoms with van der Waals surface area (Å²) < 4.78 is 0. The minimum absolute atomic E-state index is 0.0347. The molecule has 0 aliphatic carbocycles. The fraction of sp³-hybridized carbons (Fsp3) is 0.821. The first-order valence-corrected chi connectivity index (χ1v) is 13.3. The van der Waals surface area contributed by atoms with Crippen LogP contribution in [0.5, 0.6) is 0 Å². The molecule has 0 saturated heterocycles. The summed E-state index contributed by atoms with van der Waals surface area (Å²) in [5.41, 5.74) is 16.9. The van der Waals surface area contributed by atoms with Gasteiger partial charge >= 0.3 is 0 Å². The van der Waals surface area contributed by atoms with Crippen molar-refractivity contribution in [2.24, 2.45) is 17.2 Å². The van der Waals surface area contributed by atoms with Crippen molar-refractivity contribution in [3.63, 3.8) is 0 Å². The Morgan fingerprint density at radius 3 is 1.50 bits per heavy atom. The quantitative estimate of drug-likeness (QED) is 0.158. The van der Waals surface area contributed by atoms with Crippen molar-refractivity contribution in [2.75, 3.05) is 6.54 Å². The van der Waals surface area contributed by atoms with Gasteiger partial charge in [0.05, 0.1) is 6.04 Å². The monoisotopic (exact) mass is 445 g/mol. The topological polar surface area (TPSA) is 95.1 Å². The van der Waals surface area contributed by atoms with Crippen molar-refractivity contribution in [3.05, 3.63) is 0 Å². The molecule has 4 nitrogen and oxygen atoms in total. The van der Waals surface area contributed by atoms with Crippen molar-refractivity contribution >= 4 is 5.78 Å². The highest BCUT2D eigenvalue weighted by molar-refractivity contribution is 5.84. The van der Waals surface area contributed by atoms with E-state index in [9.17, 15) is 4.79 Å². The molecular weight excluding hydrogens is 394 g/mol. The summed E-state index contributed by atoms with van der Waals surface area (Å²) >= 11 is 0. The summed E-state index contributed by atoms with van der Waals surface area (Å²) in [7, 11) is 0. The van der Waals surface area contributed by atoms with Gasteiger partial charge in [-0.2, -0.15) is 0 Å². The third-order valence-corrected chi connectivity index (χ3v) is 5.97. The number of carbonyl (C=O) groups excluding carboxylic acids is 1. The van der Waals surface area contributed by atoms with Crippen LogP contribution in [-0.4, -0.2) is 24.4 Å². The Morgan fingerprint density at radius 1 is 0.656 bits per heavy atom. The van der Waals surface area contributed by atoms with Crippen LogP contribution >= 0.6 is 0 Å². The fourth-order valence-electron chi connectivity index (χ4n) is 3.69. The highest BCUT2D eigenvalue weighted by Crippen LogP contribution is 2.11. The maximum atomic E-state index is 11.9. The zero-order valence-corrected chi connectivity index (χ0v) is 20.9. The third-order valence-electron chi connectivity index (χ3n) is 5.97. The largest absolute Gasteiger partial charge is 0.329 e. The fourth-order valence-corrected chi connectivity index (χ4v) is 3.69. The molecule has 0 aliphatic heterocycles. The predicted octanol–water partition coefficient (Wildman–Crippen LogP) is 5.61. The second kappa shape index (κ2) is 24.3. The molecule has 4 heteroatoms. The summed E-state index contributed by atoms with van der Waals surface area (Å²) in [6.07, 6.45) is 22.7. The molecule has 0 aromatic carbocycles. The molecule has 0 amide bonds. The summed E-state index contributed by atoms with van der Waals surface area (Å²) in [5.74, 6) is 12.4. The molecule has 0 heterocycles. The SMILES string of the molecule is CCCCCCCCCCCCC#CC#CCCCCCCCCC(=O)C(N)C(N)CN. The standard InChI is InChI=1S/C28H51N3O/c1-2-3-4-5-6-7-8-9-10-11-12-13-14-15-16-17-18-19-20-21-22-23-24-27(32)28(31)26(30)25-29/h26,28H,2-12,17-25,29-31H2,1H3. The normalized spacial score (nSPS) is 12.4. The molecule has 0 bridgehead atoms. The van der Waals surface area contributed by atoms with Crippen LogP contribution in [-0.2, 0) is 4.79 Å². The number of nitrogens with two attached hydrogens (primary N) is 3. The number of hydrogen-bond acceptors (Lipinski definition) is 4. The Labute approximate surface area is 199 Å². The average Bonchev–Trinajstić information content (AvgIpc) is 2.81. The Morgan fingerprint density at radius 2 is 1.06 bits per heavy atom. The van der Waals surface area contributed by atoms with Gasteiger partial charge in [0.1, 0.15) is 0 Å². The van der Waals surface area contributed by atoms with Gasteiger partial charge in [0, 0.05) is 31.8 Å². The van der Waals surface area contributed by atoms with Gasteiger partial charge in [0.15, 0.2) is 5.78 Å². The van der Waals surface area contributed by atoms with Gasteiger partial charge < -0.3 is 17.2 Å². The van der Waals surface area contributed by atoms with Gasteiger partial charge in [-0.1, -0.05) is 102 Å². The summed E-state index contributed by atoms with van der Waals surface area (Å²) in [6.45, 7) is 2.52. The van der Waals surface area contributed by atoms with Crippen molar-refractivity contribution < 1.29 is 4.79 Å². The van der Waals surface area contributed by atoms with Crippen molar-refractivity contribution in [2.45, 2.75) is 141 Å². The van der Waals surface area contributed by atoms with E-state index in [0.29, 0.717) is 6.42 Å². The molecule has 0 spiro atoms. The summed E-state index contributed by atoms with van der Waals surface area (Å²) in [5, 5.41) is 0. The van der Waals surface area contributed by atoms with E-state index in [1.54, 1.807) is 0 Å². The summed E-state index contributed by atoms with van der Waals surface area (Å²) in [6, 6.07) is -1.04. The third kappa shape index (κ3) is 20.6. The zero-order valence-electron chi connectivity index (χ0n) is 20.9. The highest BCUT2D eigenvalue weighted by atomic mass is 16.1. The first-order chi connectivity index (χ1) is 15.6. The molecule has 6 N–H and O–H groups in total. The molecule has 0 aromatic heterocycles. The lowest BCUT2D eigenvalue weighted by Gasteiger charge is -2.16. The lowest BCUT2D eigenvalue weighted by atomic mass is 10.00. The van der Waals surface area contributed by atoms with Crippen LogP contribution in [0.15, 0.2) is 0 Å². The van der Waals surface area contributed by atoms with Gasteiger partial charge in [-0.3, -0.25) is 4.79 Å². The Hall–Kier alpha value is -1.33. The minimum atomic E-state index is -0.614. The second-order valence-corrected chi connectivity index (χ2v) is 9.05. The molecule has 0 aromatic rings. The van der Waals surface area contributed by atoms with E-state index in [2.05, 4.69) is 30.6 Å². The number of rotatable bonds is 21. The summed E-state index contributed by atoms with van der Waals surface area (Å²) in [4.78, 5) is 11.9. The molecule has 0 fully saturated rings. The van der Waals surface area contributed by atoms with E-state index in [0.717, 1.165) is 38.5 Å². The van der Waals surface area contributed by atoms with Gasteiger partial charge in [-0.15, -0.1) is 0 Å². The molecule has 0 radical (unpaired) electrons.